The van der Waals surface area contributed by atoms with Crippen molar-refractivity contribution in [1.29, 1.82) is 0 Å². The molecular weight excluding hydrogens is 494 g/mol. The van der Waals surface area contributed by atoms with E-state index in [1.165, 1.54) is 12.1 Å². The predicted molar refractivity (Wildman–Crippen MR) is 153 cm³/mol. The van der Waals surface area contributed by atoms with Crippen LogP contribution in [0.4, 0.5) is 11.4 Å². The van der Waals surface area contributed by atoms with Crippen LogP contribution >= 0.6 is 11.8 Å². The molecule has 0 N–H and O–H groups in total. The highest BCUT2D eigenvalue weighted by molar-refractivity contribution is 8.18. The Morgan fingerprint density at radius 2 is 1.18 bits per heavy atom. The van der Waals surface area contributed by atoms with Crippen molar-refractivity contribution in [3.63, 3.8) is 0 Å². The van der Waals surface area contributed by atoms with Crippen LogP contribution in [0.25, 0.3) is 11.5 Å². The lowest BCUT2D eigenvalue weighted by molar-refractivity contribution is -0.384. The summed E-state index contributed by atoms with van der Waals surface area (Å²) in [4.78, 5) is 10.8. The van der Waals surface area contributed by atoms with Crippen LogP contribution in [0.2, 0.25) is 0 Å². The zero-order valence-corrected chi connectivity index (χ0v) is 20.9. The van der Waals surface area contributed by atoms with Crippen molar-refractivity contribution < 1.29 is 9.66 Å². The van der Waals surface area contributed by atoms with Crippen molar-refractivity contribution >= 4 is 39.7 Å². The fraction of sp³-hybridized carbons (Fsp3) is 0. The number of hydrazone groups is 1. The minimum Gasteiger partial charge on any atom is -0.456 e. The van der Waals surface area contributed by atoms with E-state index in [-0.39, 0.29) is 5.69 Å². The molecule has 38 heavy (non-hydrogen) atoms. The van der Waals surface area contributed by atoms with Crippen LogP contribution < -0.4 is 5.01 Å². The summed E-state index contributed by atoms with van der Waals surface area (Å²) in [5, 5.41) is 19.7. The molecule has 0 bridgehead atoms. The van der Waals surface area contributed by atoms with Crippen LogP contribution in [0.3, 0.4) is 0 Å². The maximum atomic E-state index is 11.2. The molecule has 0 saturated heterocycles. The van der Waals surface area contributed by atoms with Gasteiger partial charge in [0.25, 0.3) is 5.69 Å². The number of ether oxygens (including phenoxy) is 1. The summed E-state index contributed by atoms with van der Waals surface area (Å²) in [5.41, 5.74) is 4.60. The van der Waals surface area contributed by atoms with Gasteiger partial charge in [-0.25, -0.2) is 5.01 Å². The van der Waals surface area contributed by atoms with E-state index in [1.54, 1.807) is 23.9 Å². The molecule has 7 heteroatoms. The lowest BCUT2D eigenvalue weighted by Gasteiger charge is -2.22. The van der Waals surface area contributed by atoms with E-state index in [0.29, 0.717) is 0 Å². The number of non-ortho nitro benzene ring substituents is 1. The van der Waals surface area contributed by atoms with E-state index in [0.717, 1.165) is 49.5 Å². The van der Waals surface area contributed by atoms with E-state index in [9.17, 15) is 10.1 Å². The molecule has 6 nitrogen and oxygen atoms in total. The molecule has 0 aliphatic carbocycles. The average molecular weight is 516 g/mol. The van der Waals surface area contributed by atoms with Crippen LogP contribution in [-0.2, 0) is 4.74 Å². The van der Waals surface area contributed by atoms with Gasteiger partial charge in [-0.15, -0.1) is 0 Å². The third kappa shape index (κ3) is 4.75. The first kappa shape index (κ1) is 23.5. The summed E-state index contributed by atoms with van der Waals surface area (Å²) in [5.74, 6) is 1.46. The lowest BCUT2D eigenvalue weighted by Crippen LogP contribution is -2.12. The SMILES string of the molecule is O=[N+]([O-])c1ccc(N2N=C(c3ccccc3)SC2=C2C=C(c3ccccc3)OC(c3ccccc3)=C2)cc1. The highest BCUT2D eigenvalue weighted by Crippen LogP contribution is 2.43. The molecule has 0 saturated carbocycles. The van der Waals surface area contributed by atoms with Crippen LogP contribution in [0, 0.1) is 10.1 Å². The fourth-order valence-corrected chi connectivity index (χ4v) is 5.20. The van der Waals surface area contributed by atoms with Crippen LogP contribution in [0.1, 0.15) is 16.7 Å². The van der Waals surface area contributed by atoms with Crippen molar-refractivity contribution in [2.24, 2.45) is 5.10 Å². The maximum Gasteiger partial charge on any atom is 0.269 e. The van der Waals surface area contributed by atoms with Gasteiger partial charge in [0, 0.05) is 34.4 Å². The number of hydrogen-bond acceptors (Lipinski definition) is 6. The van der Waals surface area contributed by atoms with Gasteiger partial charge in [-0.05, 0) is 36.0 Å². The molecule has 4 aromatic carbocycles. The molecule has 6 rings (SSSR count). The molecule has 0 spiro atoms. The summed E-state index contributed by atoms with van der Waals surface area (Å²) in [7, 11) is 0. The Balaban J connectivity index is 1.52. The molecule has 2 aliphatic rings. The second-order valence-electron chi connectivity index (χ2n) is 8.57. The fourth-order valence-electron chi connectivity index (χ4n) is 4.17. The van der Waals surface area contributed by atoms with Gasteiger partial charge in [-0.3, -0.25) is 10.1 Å². The predicted octanol–water partition coefficient (Wildman–Crippen LogP) is 7.83. The number of allylic oxidation sites excluding steroid dienone is 3. The molecule has 0 atom stereocenters. The molecule has 184 valence electrons. The number of nitrogens with zero attached hydrogens (tertiary/aromatic N) is 3. The van der Waals surface area contributed by atoms with Crippen molar-refractivity contribution in [2.75, 3.05) is 5.01 Å². The molecule has 4 aromatic rings. The summed E-state index contributed by atoms with van der Waals surface area (Å²) >= 11 is 1.56. The summed E-state index contributed by atoms with van der Waals surface area (Å²) in [6, 6.07) is 36.4. The molecule has 2 heterocycles. The second kappa shape index (κ2) is 10.2. The van der Waals surface area contributed by atoms with Crippen LogP contribution in [0.15, 0.2) is 143 Å². The zero-order valence-electron chi connectivity index (χ0n) is 20.1. The largest absolute Gasteiger partial charge is 0.456 e. The van der Waals surface area contributed by atoms with Crippen molar-refractivity contribution in [3.8, 4) is 0 Å². The third-order valence-electron chi connectivity index (χ3n) is 6.06. The van der Waals surface area contributed by atoms with Crippen LogP contribution in [0.5, 0.6) is 0 Å². The first-order valence-electron chi connectivity index (χ1n) is 12.0. The number of nitro groups is 1. The number of nitro benzene ring substituents is 1. The van der Waals surface area contributed by atoms with Gasteiger partial charge in [-0.2, -0.15) is 5.10 Å². The smallest absolute Gasteiger partial charge is 0.269 e. The topological polar surface area (TPSA) is 68.0 Å². The zero-order chi connectivity index (χ0) is 25.9. The van der Waals surface area contributed by atoms with Crippen molar-refractivity contribution in [2.45, 2.75) is 0 Å². The number of rotatable bonds is 5. The van der Waals surface area contributed by atoms with Gasteiger partial charge in [0.15, 0.2) is 0 Å². The van der Waals surface area contributed by atoms with Gasteiger partial charge in [0.05, 0.1) is 10.6 Å². The number of benzene rings is 4. The average Bonchev–Trinajstić information content (AvgIpc) is 3.44. The van der Waals surface area contributed by atoms with E-state index < -0.39 is 4.92 Å². The Labute approximate surface area is 224 Å². The quantitative estimate of drug-likeness (QED) is 0.200. The molecule has 0 radical (unpaired) electrons. The Bertz CT molecular complexity index is 1550. The maximum absolute atomic E-state index is 11.2. The van der Waals surface area contributed by atoms with E-state index in [4.69, 9.17) is 9.84 Å². The van der Waals surface area contributed by atoms with E-state index in [1.807, 2.05) is 108 Å². The summed E-state index contributed by atoms with van der Waals surface area (Å²) in [6.45, 7) is 0. The van der Waals surface area contributed by atoms with Gasteiger partial charge < -0.3 is 4.74 Å². The molecule has 0 fully saturated rings. The first-order chi connectivity index (χ1) is 18.7. The second-order valence-corrected chi connectivity index (χ2v) is 9.55. The summed E-state index contributed by atoms with van der Waals surface area (Å²) in [6.07, 6.45) is 4.04. The minimum absolute atomic E-state index is 0.0330. The normalized spacial score (nSPS) is 14.9. The van der Waals surface area contributed by atoms with Crippen LogP contribution in [-0.4, -0.2) is 9.97 Å². The lowest BCUT2D eigenvalue weighted by atomic mass is 10.0. The van der Waals surface area contributed by atoms with E-state index in [2.05, 4.69) is 0 Å². The molecule has 0 amide bonds. The van der Waals surface area contributed by atoms with Gasteiger partial charge in [0.2, 0.25) is 0 Å². The molecule has 0 aromatic heterocycles. The Kier molecular flexibility index (Phi) is 6.34. The molecule has 0 unspecified atom stereocenters. The summed E-state index contributed by atoms with van der Waals surface area (Å²) < 4.78 is 6.39. The van der Waals surface area contributed by atoms with E-state index >= 15 is 0 Å². The minimum atomic E-state index is -0.400. The number of anilines is 1. The number of hydrogen-bond donors (Lipinski definition) is 0. The van der Waals surface area contributed by atoms with Crippen molar-refractivity contribution in [3.05, 3.63) is 165 Å². The molecule has 2 aliphatic heterocycles. The molecular formula is C31H21N3O3S. The van der Waals surface area contributed by atoms with Gasteiger partial charge in [-0.1, -0.05) is 91.0 Å². The monoisotopic (exact) mass is 515 g/mol. The van der Waals surface area contributed by atoms with Crippen molar-refractivity contribution in [1.82, 2.24) is 0 Å². The highest BCUT2D eigenvalue weighted by Gasteiger charge is 2.29. The Morgan fingerprint density at radius 3 is 1.68 bits per heavy atom. The number of thioether (sulfide) groups is 1. The Hall–Kier alpha value is -4.88. The highest BCUT2D eigenvalue weighted by atomic mass is 32.2. The Morgan fingerprint density at radius 1 is 0.684 bits per heavy atom. The standard InChI is InChI=1S/C31H21N3O3S/c35-34(36)27-18-16-26(17-19-27)33-31(38-30(32-33)24-14-8-3-9-15-24)25-20-28(22-10-4-1-5-11-22)37-29(21-25)23-12-6-2-7-13-23/h1-21H. The van der Waals surface area contributed by atoms with Gasteiger partial charge >= 0.3 is 0 Å². The first-order valence-corrected chi connectivity index (χ1v) is 12.8. The van der Waals surface area contributed by atoms with Gasteiger partial charge in [0.1, 0.15) is 21.6 Å². The third-order valence-corrected chi connectivity index (χ3v) is 7.17.